The second kappa shape index (κ2) is 8.68. The van der Waals surface area contributed by atoms with E-state index in [2.05, 4.69) is 20.4 Å². The minimum atomic E-state index is -4.26. The molecule has 172 valence electrons. The van der Waals surface area contributed by atoms with Crippen molar-refractivity contribution in [2.24, 2.45) is 5.92 Å². The molecule has 3 aromatic heterocycles. The monoisotopic (exact) mass is 457 g/mol. The maximum absolute atomic E-state index is 12.9. The minimum Gasteiger partial charge on any atom is -0.339 e. The van der Waals surface area contributed by atoms with Gasteiger partial charge in [0.15, 0.2) is 0 Å². The van der Waals surface area contributed by atoms with Crippen LogP contribution in [0.3, 0.4) is 0 Å². The predicted molar refractivity (Wildman–Crippen MR) is 116 cm³/mol. The maximum atomic E-state index is 12.9. The topological polar surface area (TPSA) is 85.3 Å². The molecule has 0 saturated carbocycles. The smallest absolute Gasteiger partial charge is 0.339 e. The molecule has 7 nitrogen and oxygen atoms in total. The van der Waals surface area contributed by atoms with Gasteiger partial charge in [0, 0.05) is 23.9 Å². The van der Waals surface area contributed by atoms with E-state index in [0.717, 1.165) is 18.1 Å². The Bertz CT molecular complexity index is 1310. The normalized spacial score (nSPS) is 12.8. The van der Waals surface area contributed by atoms with Crippen LogP contribution in [0.1, 0.15) is 40.9 Å². The molecule has 1 amide bonds. The van der Waals surface area contributed by atoms with Gasteiger partial charge >= 0.3 is 6.18 Å². The van der Waals surface area contributed by atoms with Crippen molar-refractivity contribution < 1.29 is 22.5 Å². The van der Waals surface area contributed by atoms with Crippen LogP contribution in [0, 0.1) is 19.8 Å². The third-order valence-corrected chi connectivity index (χ3v) is 5.46. The summed E-state index contributed by atoms with van der Waals surface area (Å²) in [5, 5.41) is 6.76. The van der Waals surface area contributed by atoms with Crippen molar-refractivity contribution in [3.8, 4) is 11.4 Å². The second-order valence-corrected chi connectivity index (χ2v) is 8.05. The van der Waals surface area contributed by atoms with Gasteiger partial charge in [-0.15, -0.1) is 0 Å². The summed E-state index contributed by atoms with van der Waals surface area (Å²) in [5.41, 5.74) is 4.04. The molecule has 1 atom stereocenters. The fourth-order valence-electron chi connectivity index (χ4n) is 3.31. The number of aromatic nitrogens is 4. The predicted octanol–water partition coefficient (Wildman–Crippen LogP) is 5.38. The Morgan fingerprint density at radius 3 is 2.76 bits per heavy atom. The lowest BCUT2D eigenvalue weighted by Crippen LogP contribution is -2.20. The first-order chi connectivity index (χ1) is 15.6. The number of alkyl halides is 3. The van der Waals surface area contributed by atoms with E-state index in [-0.39, 0.29) is 30.5 Å². The molecular weight excluding hydrogens is 435 g/mol. The first kappa shape index (κ1) is 22.5. The highest BCUT2D eigenvalue weighted by atomic mass is 19.4. The molecule has 33 heavy (non-hydrogen) atoms. The average Bonchev–Trinajstić information content (AvgIpc) is 3.39. The van der Waals surface area contributed by atoms with Gasteiger partial charge < -0.3 is 9.84 Å². The number of aryl methyl sites for hydroxylation is 3. The van der Waals surface area contributed by atoms with Crippen LogP contribution in [0.2, 0.25) is 0 Å². The van der Waals surface area contributed by atoms with Crippen LogP contribution in [-0.4, -0.2) is 31.6 Å². The number of imidazole rings is 1. The first-order valence-corrected chi connectivity index (χ1v) is 10.4. The number of fused-ring (bicyclic) bond motifs is 1. The zero-order chi connectivity index (χ0) is 23.8. The summed E-state index contributed by atoms with van der Waals surface area (Å²) in [4.78, 5) is 21.4. The Morgan fingerprint density at radius 2 is 2.00 bits per heavy atom. The zero-order valence-electron chi connectivity index (χ0n) is 18.3. The summed E-state index contributed by atoms with van der Waals surface area (Å²) < 4.78 is 44.9. The van der Waals surface area contributed by atoms with Crippen LogP contribution in [0.5, 0.6) is 0 Å². The summed E-state index contributed by atoms with van der Waals surface area (Å²) >= 11 is 0. The van der Waals surface area contributed by atoms with Gasteiger partial charge in [0.05, 0.1) is 12.1 Å². The van der Waals surface area contributed by atoms with Gasteiger partial charge in [-0.3, -0.25) is 9.20 Å². The molecule has 0 radical (unpaired) electrons. The van der Waals surface area contributed by atoms with Crippen molar-refractivity contribution in [3.05, 3.63) is 65.4 Å². The molecule has 10 heteroatoms. The van der Waals surface area contributed by atoms with Crippen LogP contribution in [0.15, 0.2) is 47.2 Å². The number of nitrogens with one attached hydrogen (secondary N) is 1. The molecule has 0 aliphatic carbocycles. The largest absolute Gasteiger partial charge is 0.391 e. The molecule has 0 fully saturated rings. The van der Waals surface area contributed by atoms with Crippen LogP contribution >= 0.6 is 0 Å². The number of hydrogen-bond acceptors (Lipinski definition) is 5. The number of rotatable bonds is 6. The molecule has 3 heterocycles. The van der Waals surface area contributed by atoms with Crippen molar-refractivity contribution in [1.82, 2.24) is 19.5 Å². The Labute approximate surface area is 187 Å². The van der Waals surface area contributed by atoms with E-state index in [1.807, 2.05) is 26.0 Å². The molecule has 0 saturated heterocycles. The van der Waals surface area contributed by atoms with Crippen molar-refractivity contribution in [2.75, 3.05) is 5.32 Å². The highest BCUT2D eigenvalue weighted by molar-refractivity contribution is 6.04. The number of carbonyl (C=O) groups excluding carboxylic acids is 1. The summed E-state index contributed by atoms with van der Waals surface area (Å²) in [5.74, 6) is -1.42. The first-order valence-electron chi connectivity index (χ1n) is 10.4. The molecule has 1 N–H and O–H groups in total. The second-order valence-electron chi connectivity index (χ2n) is 8.05. The van der Waals surface area contributed by atoms with Gasteiger partial charge in [-0.25, -0.2) is 4.98 Å². The molecule has 4 aromatic rings. The standard InChI is InChI=1S/C23H22F3N5O2/c1-13-8-9-31-18(12-27-19(31)10-13)22(32)28-17-11-16(6-4-14(17)2)21-29-20(33-30-21)7-5-15(3)23(24,25)26/h4,6,8-12,15H,5,7H2,1-3H3,(H,28,32)/t15-/m0/s1. The van der Waals surface area contributed by atoms with E-state index in [1.54, 1.807) is 28.8 Å². The number of pyridine rings is 1. The lowest BCUT2D eigenvalue weighted by molar-refractivity contribution is -0.171. The fourth-order valence-corrected chi connectivity index (χ4v) is 3.31. The Balaban J connectivity index is 1.51. The molecule has 4 rings (SSSR count). The summed E-state index contributed by atoms with van der Waals surface area (Å²) in [7, 11) is 0. The number of hydrogen-bond donors (Lipinski definition) is 1. The Kier molecular flexibility index (Phi) is 5.92. The van der Waals surface area contributed by atoms with Crippen LogP contribution < -0.4 is 5.32 Å². The highest BCUT2D eigenvalue weighted by Gasteiger charge is 2.35. The lowest BCUT2D eigenvalue weighted by atomic mass is 10.1. The van der Waals surface area contributed by atoms with E-state index < -0.39 is 12.1 Å². The minimum absolute atomic E-state index is 0.0247. The van der Waals surface area contributed by atoms with Crippen molar-refractivity contribution in [1.29, 1.82) is 0 Å². The zero-order valence-corrected chi connectivity index (χ0v) is 18.3. The van der Waals surface area contributed by atoms with Gasteiger partial charge in [0.1, 0.15) is 11.3 Å². The third kappa shape index (κ3) is 4.89. The molecule has 0 spiro atoms. The van der Waals surface area contributed by atoms with Crippen molar-refractivity contribution in [3.63, 3.8) is 0 Å². The van der Waals surface area contributed by atoms with Crippen LogP contribution in [0.4, 0.5) is 18.9 Å². The van der Waals surface area contributed by atoms with Gasteiger partial charge in [-0.1, -0.05) is 24.2 Å². The Hall–Kier alpha value is -3.69. The Morgan fingerprint density at radius 1 is 1.21 bits per heavy atom. The quantitative estimate of drug-likeness (QED) is 0.420. The average molecular weight is 457 g/mol. The highest BCUT2D eigenvalue weighted by Crippen LogP contribution is 2.30. The van der Waals surface area contributed by atoms with Crippen molar-refractivity contribution >= 4 is 17.2 Å². The summed E-state index contributed by atoms with van der Waals surface area (Å²) in [6.45, 7) is 4.91. The van der Waals surface area contributed by atoms with Gasteiger partial charge in [0.25, 0.3) is 5.91 Å². The van der Waals surface area contributed by atoms with E-state index >= 15 is 0 Å². The lowest BCUT2D eigenvalue weighted by Gasteiger charge is -2.13. The molecular formula is C23H22F3N5O2. The van der Waals surface area contributed by atoms with Gasteiger partial charge in [0.2, 0.25) is 11.7 Å². The number of halogens is 3. The number of anilines is 1. The SMILES string of the molecule is Cc1ccn2c(C(=O)Nc3cc(-c4noc(CC[C@H](C)C(F)(F)F)n4)ccc3C)cnc2c1. The van der Waals surface area contributed by atoms with Crippen LogP contribution in [0.25, 0.3) is 17.0 Å². The molecule has 0 aliphatic rings. The van der Waals surface area contributed by atoms with E-state index in [1.165, 1.54) is 6.20 Å². The van der Waals surface area contributed by atoms with E-state index in [0.29, 0.717) is 22.6 Å². The molecule has 0 unspecified atom stereocenters. The molecule has 0 bridgehead atoms. The van der Waals surface area contributed by atoms with Gasteiger partial charge in [-0.2, -0.15) is 18.2 Å². The number of nitrogens with zero attached hydrogens (tertiary/aromatic N) is 4. The number of carbonyl (C=O) groups is 1. The van der Waals surface area contributed by atoms with E-state index in [4.69, 9.17) is 4.52 Å². The van der Waals surface area contributed by atoms with Gasteiger partial charge in [-0.05, 0) is 49.6 Å². The summed E-state index contributed by atoms with van der Waals surface area (Å²) in [6.07, 6.45) is -1.07. The van der Waals surface area contributed by atoms with Crippen LogP contribution in [-0.2, 0) is 6.42 Å². The number of benzene rings is 1. The fraction of sp³-hybridized carbons (Fsp3) is 0.304. The third-order valence-electron chi connectivity index (χ3n) is 5.46. The van der Waals surface area contributed by atoms with E-state index in [9.17, 15) is 18.0 Å². The number of amides is 1. The summed E-state index contributed by atoms with van der Waals surface area (Å²) in [6, 6.07) is 9.03. The maximum Gasteiger partial charge on any atom is 0.391 e. The molecule has 0 aliphatic heterocycles. The van der Waals surface area contributed by atoms with Crippen molar-refractivity contribution in [2.45, 2.75) is 39.8 Å². The molecule has 1 aromatic carbocycles.